The average molecular weight is 396 g/mol. The summed E-state index contributed by atoms with van der Waals surface area (Å²) in [5.41, 5.74) is -0.530. The molecule has 0 unspecified atom stereocenters. The standard InChI is InChI=1S/C17H15F3N4O2S/c1-26-12-3-5-13(6-4-12)27-10-16(25)21-8-15-23-22-14-7-2-11(9-24(14)15)17(18,19)20/h2-7,9H,8,10H2,1H3,(H,21,25). The molecular formula is C17H15F3N4O2S. The number of pyridine rings is 1. The van der Waals surface area contributed by atoms with Gasteiger partial charge in [0.05, 0.1) is 25.0 Å². The van der Waals surface area contributed by atoms with Crippen molar-refractivity contribution in [3.05, 3.63) is 54.0 Å². The zero-order valence-electron chi connectivity index (χ0n) is 14.2. The van der Waals surface area contributed by atoms with Gasteiger partial charge >= 0.3 is 6.18 Å². The first-order chi connectivity index (χ1) is 12.9. The monoisotopic (exact) mass is 396 g/mol. The lowest BCUT2D eigenvalue weighted by atomic mass is 10.3. The maximum Gasteiger partial charge on any atom is 0.417 e. The number of alkyl halides is 3. The van der Waals surface area contributed by atoms with Crippen molar-refractivity contribution in [1.82, 2.24) is 19.9 Å². The second kappa shape index (κ2) is 7.87. The normalized spacial score (nSPS) is 11.6. The molecule has 1 N–H and O–H groups in total. The van der Waals surface area contributed by atoms with Crippen LogP contribution in [-0.4, -0.2) is 33.4 Å². The van der Waals surface area contributed by atoms with Crippen molar-refractivity contribution in [2.24, 2.45) is 0 Å². The number of hydrogen-bond donors (Lipinski definition) is 1. The van der Waals surface area contributed by atoms with Crippen LogP contribution >= 0.6 is 11.8 Å². The Morgan fingerprint density at radius 1 is 1.19 bits per heavy atom. The Morgan fingerprint density at radius 2 is 1.93 bits per heavy atom. The molecule has 6 nitrogen and oxygen atoms in total. The Labute approximate surface area is 156 Å². The number of thioether (sulfide) groups is 1. The number of rotatable bonds is 6. The average Bonchev–Trinajstić information content (AvgIpc) is 3.06. The highest BCUT2D eigenvalue weighted by Crippen LogP contribution is 2.29. The van der Waals surface area contributed by atoms with Gasteiger partial charge in [0.15, 0.2) is 11.5 Å². The molecule has 0 bridgehead atoms. The molecule has 1 amide bonds. The fraction of sp³-hybridized carbons (Fsp3) is 0.235. The van der Waals surface area contributed by atoms with Crippen molar-refractivity contribution in [1.29, 1.82) is 0 Å². The summed E-state index contributed by atoms with van der Waals surface area (Å²) in [6, 6.07) is 9.43. The third-order valence-corrected chi connectivity index (χ3v) is 4.69. The number of amides is 1. The summed E-state index contributed by atoms with van der Waals surface area (Å²) < 4.78 is 44.8. The minimum atomic E-state index is -4.46. The van der Waals surface area contributed by atoms with E-state index < -0.39 is 11.7 Å². The molecule has 0 spiro atoms. The first kappa shape index (κ1) is 19.0. The number of hydrogen-bond acceptors (Lipinski definition) is 5. The van der Waals surface area contributed by atoms with Crippen molar-refractivity contribution >= 4 is 23.3 Å². The van der Waals surface area contributed by atoms with E-state index in [1.807, 2.05) is 12.1 Å². The Kier molecular flexibility index (Phi) is 5.54. The third kappa shape index (κ3) is 4.70. The van der Waals surface area contributed by atoms with E-state index >= 15 is 0 Å². The molecule has 1 aromatic carbocycles. The van der Waals surface area contributed by atoms with Gasteiger partial charge in [0.25, 0.3) is 0 Å². The van der Waals surface area contributed by atoms with E-state index in [4.69, 9.17) is 4.74 Å². The smallest absolute Gasteiger partial charge is 0.417 e. The topological polar surface area (TPSA) is 68.5 Å². The molecule has 3 aromatic rings. The van der Waals surface area contributed by atoms with E-state index in [1.54, 1.807) is 19.2 Å². The van der Waals surface area contributed by atoms with Crippen molar-refractivity contribution in [3.8, 4) is 5.75 Å². The van der Waals surface area contributed by atoms with Gasteiger partial charge in [-0.2, -0.15) is 13.2 Å². The molecule has 142 valence electrons. The van der Waals surface area contributed by atoms with Gasteiger partial charge in [-0.05, 0) is 36.4 Å². The molecule has 0 aliphatic rings. The number of carbonyl (C=O) groups is 1. The molecule has 0 aliphatic carbocycles. The Balaban J connectivity index is 1.59. The summed E-state index contributed by atoms with van der Waals surface area (Å²) in [5, 5.41) is 10.3. The van der Waals surface area contributed by atoms with Crippen LogP contribution in [0.2, 0.25) is 0 Å². The predicted octanol–water partition coefficient (Wildman–Crippen LogP) is 3.17. The number of benzene rings is 1. The van der Waals surface area contributed by atoms with Crippen molar-refractivity contribution in [2.75, 3.05) is 12.9 Å². The van der Waals surface area contributed by atoms with Gasteiger partial charge in [-0.1, -0.05) is 0 Å². The van der Waals surface area contributed by atoms with Crippen molar-refractivity contribution in [2.45, 2.75) is 17.6 Å². The molecule has 27 heavy (non-hydrogen) atoms. The summed E-state index contributed by atoms with van der Waals surface area (Å²) in [5.74, 6) is 0.843. The van der Waals surface area contributed by atoms with Crippen LogP contribution in [0, 0.1) is 0 Å². The highest BCUT2D eigenvalue weighted by Gasteiger charge is 2.31. The molecule has 0 saturated carbocycles. The van der Waals surface area contributed by atoms with Gasteiger partial charge in [-0.25, -0.2) is 0 Å². The fourth-order valence-electron chi connectivity index (χ4n) is 2.28. The molecule has 0 radical (unpaired) electrons. The van der Waals surface area contributed by atoms with Crippen molar-refractivity contribution < 1.29 is 22.7 Å². The predicted molar refractivity (Wildman–Crippen MR) is 93.6 cm³/mol. The third-order valence-electron chi connectivity index (χ3n) is 3.67. The van der Waals surface area contributed by atoms with Crippen LogP contribution < -0.4 is 10.1 Å². The van der Waals surface area contributed by atoms with Gasteiger partial charge in [-0.3, -0.25) is 9.20 Å². The lowest BCUT2D eigenvalue weighted by molar-refractivity contribution is -0.137. The van der Waals surface area contributed by atoms with E-state index in [0.717, 1.165) is 22.9 Å². The molecule has 0 aliphatic heterocycles. The molecule has 0 atom stereocenters. The summed E-state index contributed by atoms with van der Waals surface area (Å²) in [6.07, 6.45) is -3.54. The molecule has 10 heteroatoms. The van der Waals surface area contributed by atoms with Gasteiger partial charge in [0, 0.05) is 11.1 Å². The Morgan fingerprint density at radius 3 is 2.59 bits per heavy atom. The lowest BCUT2D eigenvalue weighted by Gasteiger charge is -2.08. The maximum atomic E-state index is 12.8. The van der Waals surface area contributed by atoms with Crippen LogP contribution in [-0.2, 0) is 17.5 Å². The second-order valence-corrected chi connectivity index (χ2v) is 6.55. The Bertz CT molecular complexity index is 941. The zero-order valence-corrected chi connectivity index (χ0v) is 15.0. The van der Waals surface area contributed by atoms with Crippen LogP contribution in [0.4, 0.5) is 13.2 Å². The number of fused-ring (bicyclic) bond motifs is 1. The van der Waals surface area contributed by atoms with E-state index in [0.29, 0.717) is 0 Å². The number of nitrogens with zero attached hydrogens (tertiary/aromatic N) is 3. The highest BCUT2D eigenvalue weighted by molar-refractivity contribution is 8.00. The van der Waals surface area contributed by atoms with Crippen molar-refractivity contribution in [3.63, 3.8) is 0 Å². The zero-order chi connectivity index (χ0) is 19.4. The minimum absolute atomic E-state index is 0.0233. The first-order valence-electron chi connectivity index (χ1n) is 7.81. The molecule has 2 aromatic heterocycles. The van der Waals surface area contributed by atoms with E-state index in [2.05, 4.69) is 15.5 Å². The van der Waals surface area contributed by atoms with Gasteiger partial charge in [0.1, 0.15) is 5.75 Å². The van der Waals surface area contributed by atoms with Gasteiger partial charge < -0.3 is 10.1 Å². The largest absolute Gasteiger partial charge is 0.497 e. The lowest BCUT2D eigenvalue weighted by Crippen LogP contribution is -2.25. The SMILES string of the molecule is COc1ccc(SCC(=O)NCc2nnc3ccc(C(F)(F)F)cn23)cc1. The van der Waals surface area contributed by atoms with Crippen LogP contribution in [0.3, 0.4) is 0 Å². The quantitative estimate of drug-likeness (QED) is 0.649. The number of aromatic nitrogens is 3. The van der Waals surface area contributed by atoms with E-state index in [-0.39, 0.29) is 29.7 Å². The Hall–Kier alpha value is -2.75. The summed E-state index contributed by atoms with van der Waals surface area (Å²) in [7, 11) is 1.57. The molecule has 0 fully saturated rings. The molecule has 0 saturated heterocycles. The molecule has 2 heterocycles. The van der Waals surface area contributed by atoms with Crippen LogP contribution in [0.15, 0.2) is 47.5 Å². The summed E-state index contributed by atoms with van der Waals surface area (Å²) >= 11 is 1.34. The first-order valence-corrected chi connectivity index (χ1v) is 8.80. The second-order valence-electron chi connectivity index (χ2n) is 5.50. The molecular weight excluding hydrogens is 381 g/mol. The van der Waals surface area contributed by atoms with Gasteiger partial charge in [-0.15, -0.1) is 22.0 Å². The number of carbonyl (C=O) groups excluding carboxylic acids is 1. The number of ether oxygens (including phenoxy) is 1. The number of nitrogens with one attached hydrogen (secondary N) is 1. The maximum absolute atomic E-state index is 12.8. The highest BCUT2D eigenvalue weighted by atomic mass is 32.2. The van der Waals surface area contributed by atoms with Crippen LogP contribution in [0.1, 0.15) is 11.4 Å². The van der Waals surface area contributed by atoms with Crippen LogP contribution in [0.5, 0.6) is 5.75 Å². The molecule has 3 rings (SSSR count). The minimum Gasteiger partial charge on any atom is -0.497 e. The van der Waals surface area contributed by atoms with E-state index in [1.165, 1.54) is 22.2 Å². The van der Waals surface area contributed by atoms with Crippen LogP contribution in [0.25, 0.3) is 5.65 Å². The van der Waals surface area contributed by atoms with Gasteiger partial charge in [0.2, 0.25) is 5.91 Å². The number of halogens is 3. The summed E-state index contributed by atoms with van der Waals surface area (Å²) in [6.45, 7) is -0.0233. The fourth-order valence-corrected chi connectivity index (χ4v) is 3.00. The summed E-state index contributed by atoms with van der Waals surface area (Å²) in [4.78, 5) is 12.9. The number of methoxy groups -OCH3 is 1. The van der Waals surface area contributed by atoms with E-state index in [9.17, 15) is 18.0 Å².